The lowest BCUT2D eigenvalue weighted by Gasteiger charge is -2.33. The van der Waals surface area contributed by atoms with Gasteiger partial charge < -0.3 is 4.90 Å². The van der Waals surface area contributed by atoms with Gasteiger partial charge in [-0.1, -0.05) is 140 Å². The highest BCUT2D eigenvalue weighted by molar-refractivity contribution is 6.25. The SMILES string of the molecule is c1ccc(-c2cc3c4c(ccnc4c2)N(c2cccc(-c4cccc(-c5ccc6c7ccccc7c7ccccc7c6c5)c4)c2)c2ccccc2-3)cc1. The van der Waals surface area contributed by atoms with Crippen molar-refractivity contribution in [3.05, 3.63) is 194 Å². The minimum atomic E-state index is 0.998. The van der Waals surface area contributed by atoms with Crippen molar-refractivity contribution in [3.8, 4) is 44.5 Å². The van der Waals surface area contributed by atoms with E-state index in [0.29, 0.717) is 0 Å². The predicted octanol–water partition coefficient (Wildman–Crippen LogP) is 14.1. The lowest BCUT2D eigenvalue weighted by Crippen LogP contribution is -2.15. The van der Waals surface area contributed by atoms with Crippen molar-refractivity contribution in [1.29, 1.82) is 0 Å². The van der Waals surface area contributed by atoms with Crippen LogP contribution in [0.25, 0.3) is 87.7 Å². The molecule has 0 N–H and O–H groups in total. The van der Waals surface area contributed by atoms with Crippen molar-refractivity contribution < 1.29 is 0 Å². The van der Waals surface area contributed by atoms with E-state index in [-0.39, 0.29) is 0 Å². The van der Waals surface area contributed by atoms with Crippen LogP contribution in [-0.4, -0.2) is 4.98 Å². The first kappa shape index (κ1) is 29.7. The number of benzene rings is 9. The Morgan fingerprint density at radius 2 is 0.906 bits per heavy atom. The third-order valence-corrected chi connectivity index (χ3v) is 11.0. The molecule has 0 spiro atoms. The molecule has 0 aliphatic carbocycles. The second kappa shape index (κ2) is 11.8. The fourth-order valence-electron chi connectivity index (χ4n) is 8.56. The van der Waals surface area contributed by atoms with Gasteiger partial charge in [0.2, 0.25) is 0 Å². The molecule has 2 heterocycles. The fraction of sp³-hybridized carbons (Fsp3) is 0. The highest BCUT2D eigenvalue weighted by Gasteiger charge is 2.27. The van der Waals surface area contributed by atoms with E-state index in [2.05, 4.69) is 193 Å². The van der Waals surface area contributed by atoms with Crippen LogP contribution in [0.5, 0.6) is 0 Å². The van der Waals surface area contributed by atoms with Crippen LogP contribution in [0.1, 0.15) is 0 Å². The van der Waals surface area contributed by atoms with E-state index in [9.17, 15) is 0 Å². The van der Waals surface area contributed by atoms with E-state index in [0.717, 1.165) is 16.9 Å². The number of hydrogen-bond donors (Lipinski definition) is 0. The van der Waals surface area contributed by atoms with Crippen molar-refractivity contribution >= 4 is 60.3 Å². The Hall–Kier alpha value is -7.03. The van der Waals surface area contributed by atoms with Crippen LogP contribution in [0, 0.1) is 0 Å². The van der Waals surface area contributed by atoms with Crippen LogP contribution in [0.4, 0.5) is 17.1 Å². The van der Waals surface area contributed by atoms with Gasteiger partial charge in [-0.15, -0.1) is 0 Å². The standard InChI is InChI=1S/C51H32N2/c1-2-12-33(13-3-1)38-31-47-45-22-8-9-23-49(45)53(50-26-27-52-48(32-38)51(47)50)39-17-11-16-36(29-39)34-14-10-15-35(28-34)37-24-25-44-42-20-5-4-18-40(42)41-19-6-7-21-43(41)46(44)30-37/h1-32H. The minimum Gasteiger partial charge on any atom is -0.309 e. The number of rotatable bonds is 4. The second-order valence-corrected chi connectivity index (χ2v) is 13.9. The van der Waals surface area contributed by atoms with E-state index in [4.69, 9.17) is 4.98 Å². The Morgan fingerprint density at radius 1 is 0.321 bits per heavy atom. The molecule has 2 nitrogen and oxygen atoms in total. The third kappa shape index (κ3) is 4.70. The molecule has 0 saturated carbocycles. The molecule has 53 heavy (non-hydrogen) atoms. The summed E-state index contributed by atoms with van der Waals surface area (Å²) in [6.45, 7) is 0. The van der Waals surface area contributed by atoms with Gasteiger partial charge in [-0.05, 0) is 120 Å². The average Bonchev–Trinajstić information content (AvgIpc) is 3.24. The topological polar surface area (TPSA) is 16.1 Å². The Bertz CT molecular complexity index is 3030. The summed E-state index contributed by atoms with van der Waals surface area (Å²) in [4.78, 5) is 7.30. The Kier molecular flexibility index (Phi) is 6.59. The third-order valence-electron chi connectivity index (χ3n) is 11.0. The first-order valence-electron chi connectivity index (χ1n) is 18.2. The first-order chi connectivity index (χ1) is 26.3. The summed E-state index contributed by atoms with van der Waals surface area (Å²) in [5.41, 5.74) is 14.0. The summed E-state index contributed by atoms with van der Waals surface area (Å²) in [7, 11) is 0. The Labute approximate surface area is 307 Å². The summed E-state index contributed by atoms with van der Waals surface area (Å²) in [5.74, 6) is 0. The highest BCUT2D eigenvalue weighted by atomic mass is 15.2. The van der Waals surface area contributed by atoms with Gasteiger partial charge in [0.1, 0.15) is 0 Å². The van der Waals surface area contributed by atoms with Crippen molar-refractivity contribution in [2.45, 2.75) is 0 Å². The smallest absolute Gasteiger partial charge is 0.0735 e. The van der Waals surface area contributed by atoms with Gasteiger partial charge in [0.25, 0.3) is 0 Å². The van der Waals surface area contributed by atoms with Gasteiger partial charge in [-0.25, -0.2) is 0 Å². The summed E-state index contributed by atoms with van der Waals surface area (Å²) in [6, 6.07) is 68.5. The lowest BCUT2D eigenvalue weighted by atomic mass is 9.89. The molecule has 0 bridgehead atoms. The minimum absolute atomic E-state index is 0.998. The van der Waals surface area contributed by atoms with Crippen LogP contribution in [-0.2, 0) is 0 Å². The molecule has 0 atom stereocenters. The van der Waals surface area contributed by atoms with E-state index >= 15 is 0 Å². The van der Waals surface area contributed by atoms with Crippen molar-refractivity contribution in [1.82, 2.24) is 4.98 Å². The summed E-state index contributed by atoms with van der Waals surface area (Å²) in [6.07, 6.45) is 1.94. The number of para-hydroxylation sites is 1. The molecular weight excluding hydrogens is 641 g/mol. The molecule has 0 unspecified atom stereocenters. The molecule has 2 heteroatoms. The summed E-state index contributed by atoms with van der Waals surface area (Å²) < 4.78 is 0. The highest BCUT2D eigenvalue weighted by Crippen LogP contribution is 2.51. The molecule has 11 rings (SSSR count). The predicted molar refractivity (Wildman–Crippen MR) is 224 cm³/mol. The number of pyridine rings is 1. The van der Waals surface area contributed by atoms with Crippen LogP contribution in [0.3, 0.4) is 0 Å². The molecule has 1 aromatic heterocycles. The second-order valence-electron chi connectivity index (χ2n) is 13.9. The van der Waals surface area contributed by atoms with Gasteiger partial charge >= 0.3 is 0 Å². The molecule has 1 aliphatic rings. The molecule has 0 saturated heterocycles. The Balaban J connectivity index is 1.03. The fourth-order valence-corrected chi connectivity index (χ4v) is 8.56. The van der Waals surface area contributed by atoms with Crippen molar-refractivity contribution in [3.63, 3.8) is 0 Å². The van der Waals surface area contributed by atoms with E-state index < -0.39 is 0 Å². The van der Waals surface area contributed by atoms with Gasteiger partial charge in [0.05, 0.1) is 16.9 Å². The van der Waals surface area contributed by atoms with E-state index in [1.807, 2.05) is 6.20 Å². The van der Waals surface area contributed by atoms with Gasteiger partial charge in [0.15, 0.2) is 0 Å². The van der Waals surface area contributed by atoms with E-state index in [1.54, 1.807) is 0 Å². The summed E-state index contributed by atoms with van der Waals surface area (Å²) in [5, 5.41) is 8.93. The first-order valence-corrected chi connectivity index (χ1v) is 18.2. The molecule has 0 fully saturated rings. The monoisotopic (exact) mass is 672 g/mol. The maximum absolute atomic E-state index is 4.90. The molecule has 246 valence electrons. The quantitative estimate of drug-likeness (QED) is 0.173. The zero-order chi connectivity index (χ0) is 34.9. The normalized spacial score (nSPS) is 12.1. The number of fused-ring (bicyclic) bond motifs is 8. The van der Waals surface area contributed by atoms with Gasteiger partial charge in [-0.3, -0.25) is 4.98 Å². The van der Waals surface area contributed by atoms with Gasteiger partial charge in [0, 0.05) is 22.8 Å². The largest absolute Gasteiger partial charge is 0.309 e. The number of anilines is 3. The maximum atomic E-state index is 4.90. The molecule has 0 amide bonds. The van der Waals surface area contributed by atoms with E-state index in [1.165, 1.54) is 87.9 Å². The zero-order valence-corrected chi connectivity index (χ0v) is 28.9. The maximum Gasteiger partial charge on any atom is 0.0735 e. The van der Waals surface area contributed by atoms with Crippen molar-refractivity contribution in [2.24, 2.45) is 0 Å². The lowest BCUT2D eigenvalue weighted by molar-refractivity contribution is 1.26. The van der Waals surface area contributed by atoms with Crippen molar-refractivity contribution in [2.75, 3.05) is 4.90 Å². The molecular formula is C51H32N2. The number of aromatic nitrogens is 1. The molecule has 0 radical (unpaired) electrons. The van der Waals surface area contributed by atoms with Crippen LogP contribution < -0.4 is 4.90 Å². The Morgan fingerprint density at radius 3 is 1.66 bits per heavy atom. The number of nitrogens with zero attached hydrogens (tertiary/aromatic N) is 2. The van der Waals surface area contributed by atoms with Gasteiger partial charge in [-0.2, -0.15) is 0 Å². The number of hydrogen-bond acceptors (Lipinski definition) is 2. The molecule has 1 aliphatic heterocycles. The van der Waals surface area contributed by atoms with Crippen LogP contribution >= 0.6 is 0 Å². The van der Waals surface area contributed by atoms with Crippen LogP contribution in [0.2, 0.25) is 0 Å². The van der Waals surface area contributed by atoms with Crippen LogP contribution in [0.15, 0.2) is 194 Å². The summed E-state index contributed by atoms with van der Waals surface area (Å²) >= 11 is 0. The average molecular weight is 673 g/mol. The molecule has 9 aromatic carbocycles. The molecule has 10 aromatic rings. The zero-order valence-electron chi connectivity index (χ0n) is 28.9.